The molecule has 0 spiro atoms. The SMILES string of the molecule is Cc1ccc(C2=NC(C)(C)C(C)(C)O2)cc1. The average molecular weight is 217 g/mol. The van der Waals surface area contributed by atoms with Crippen LogP contribution in [0.4, 0.5) is 0 Å². The predicted octanol–water partition coefficient (Wildman–Crippen LogP) is 3.33. The molecule has 86 valence electrons. The first kappa shape index (κ1) is 11.2. The molecule has 0 radical (unpaired) electrons. The molecule has 16 heavy (non-hydrogen) atoms. The zero-order chi connectivity index (χ0) is 12.0. The van der Waals surface area contributed by atoms with Gasteiger partial charge in [-0.3, -0.25) is 0 Å². The van der Waals surface area contributed by atoms with E-state index in [1.807, 2.05) is 0 Å². The van der Waals surface area contributed by atoms with Crippen molar-refractivity contribution >= 4 is 5.90 Å². The molecule has 1 aromatic carbocycles. The molecule has 0 atom stereocenters. The van der Waals surface area contributed by atoms with Crippen LogP contribution in [0.3, 0.4) is 0 Å². The zero-order valence-corrected chi connectivity index (χ0v) is 10.7. The summed E-state index contributed by atoms with van der Waals surface area (Å²) in [5.41, 5.74) is 1.89. The molecule has 2 heteroatoms. The van der Waals surface area contributed by atoms with Crippen LogP contribution in [0.15, 0.2) is 29.3 Å². The normalized spacial score (nSPS) is 21.4. The fourth-order valence-corrected chi connectivity index (χ4v) is 1.60. The van der Waals surface area contributed by atoms with Crippen LogP contribution in [0.2, 0.25) is 0 Å². The standard InChI is InChI=1S/C14H19NO/c1-10-6-8-11(9-7-10)12-15-13(2,3)14(4,5)16-12/h6-9H,1-5H3. The molecule has 0 aliphatic carbocycles. The summed E-state index contributed by atoms with van der Waals surface area (Å²) in [4.78, 5) is 4.67. The van der Waals surface area contributed by atoms with Gasteiger partial charge in [0, 0.05) is 5.56 Å². The Hall–Kier alpha value is -1.31. The molecular weight excluding hydrogens is 198 g/mol. The molecule has 0 bridgehead atoms. The summed E-state index contributed by atoms with van der Waals surface area (Å²) in [6.07, 6.45) is 0. The van der Waals surface area contributed by atoms with Crippen molar-refractivity contribution in [2.45, 2.75) is 45.8 Å². The van der Waals surface area contributed by atoms with E-state index >= 15 is 0 Å². The molecule has 0 fully saturated rings. The van der Waals surface area contributed by atoms with Gasteiger partial charge in [-0.15, -0.1) is 0 Å². The monoisotopic (exact) mass is 217 g/mol. The highest BCUT2D eigenvalue weighted by Gasteiger charge is 2.45. The molecule has 1 aliphatic rings. The van der Waals surface area contributed by atoms with Gasteiger partial charge in [0.15, 0.2) is 0 Å². The second-order valence-electron chi connectivity index (χ2n) is 5.45. The summed E-state index contributed by atoms with van der Waals surface area (Å²) in [6.45, 7) is 10.5. The Morgan fingerprint density at radius 2 is 1.56 bits per heavy atom. The summed E-state index contributed by atoms with van der Waals surface area (Å²) < 4.78 is 5.94. The Balaban J connectivity index is 2.35. The summed E-state index contributed by atoms with van der Waals surface area (Å²) in [5, 5.41) is 0. The van der Waals surface area contributed by atoms with E-state index < -0.39 is 0 Å². The number of rotatable bonds is 1. The molecule has 0 amide bonds. The van der Waals surface area contributed by atoms with Gasteiger partial charge in [-0.05, 0) is 46.8 Å². The largest absolute Gasteiger partial charge is 0.469 e. The molecule has 1 aromatic rings. The Morgan fingerprint density at radius 1 is 1.00 bits per heavy atom. The molecule has 2 nitrogen and oxygen atoms in total. The second-order valence-corrected chi connectivity index (χ2v) is 5.45. The highest BCUT2D eigenvalue weighted by molar-refractivity contribution is 5.96. The third kappa shape index (κ3) is 1.73. The van der Waals surface area contributed by atoms with Crippen molar-refractivity contribution in [2.24, 2.45) is 4.99 Å². The third-order valence-corrected chi connectivity index (χ3v) is 3.50. The number of aliphatic imine (C=N–C) groups is 1. The topological polar surface area (TPSA) is 21.6 Å². The van der Waals surface area contributed by atoms with Crippen LogP contribution in [-0.2, 0) is 4.74 Å². The van der Waals surface area contributed by atoms with Gasteiger partial charge in [-0.25, -0.2) is 4.99 Å². The maximum absolute atomic E-state index is 5.94. The number of benzene rings is 1. The summed E-state index contributed by atoms with van der Waals surface area (Å²) >= 11 is 0. The van der Waals surface area contributed by atoms with Gasteiger partial charge in [0.1, 0.15) is 5.60 Å². The molecule has 0 N–H and O–H groups in total. The molecule has 0 aromatic heterocycles. The van der Waals surface area contributed by atoms with Crippen LogP contribution in [0, 0.1) is 6.92 Å². The van der Waals surface area contributed by atoms with Crippen molar-refractivity contribution in [3.05, 3.63) is 35.4 Å². The first-order valence-corrected chi connectivity index (χ1v) is 5.68. The summed E-state index contributed by atoms with van der Waals surface area (Å²) in [5.74, 6) is 0.759. The van der Waals surface area contributed by atoms with Crippen LogP contribution >= 0.6 is 0 Å². The first-order chi connectivity index (χ1) is 7.32. The van der Waals surface area contributed by atoms with Crippen molar-refractivity contribution in [2.75, 3.05) is 0 Å². The van der Waals surface area contributed by atoms with Gasteiger partial charge in [0.2, 0.25) is 5.90 Å². The van der Waals surface area contributed by atoms with Crippen LogP contribution in [-0.4, -0.2) is 17.0 Å². The number of nitrogens with zero attached hydrogens (tertiary/aromatic N) is 1. The van der Waals surface area contributed by atoms with Crippen molar-refractivity contribution in [1.29, 1.82) is 0 Å². The predicted molar refractivity (Wildman–Crippen MR) is 67.0 cm³/mol. The fraction of sp³-hybridized carbons (Fsp3) is 0.500. The lowest BCUT2D eigenvalue weighted by atomic mass is 9.87. The number of hydrogen-bond donors (Lipinski definition) is 0. The van der Waals surface area contributed by atoms with Gasteiger partial charge in [0.25, 0.3) is 0 Å². The molecule has 1 heterocycles. The minimum atomic E-state index is -0.243. The Bertz CT molecular complexity index is 427. The van der Waals surface area contributed by atoms with Gasteiger partial charge in [0.05, 0.1) is 5.54 Å². The van der Waals surface area contributed by atoms with E-state index in [4.69, 9.17) is 4.74 Å². The maximum atomic E-state index is 5.94. The van der Waals surface area contributed by atoms with Crippen LogP contribution < -0.4 is 0 Å². The molecular formula is C14H19NO. The van der Waals surface area contributed by atoms with Crippen molar-refractivity contribution in [3.8, 4) is 0 Å². The zero-order valence-electron chi connectivity index (χ0n) is 10.7. The van der Waals surface area contributed by atoms with Crippen molar-refractivity contribution in [1.82, 2.24) is 0 Å². The van der Waals surface area contributed by atoms with Gasteiger partial charge < -0.3 is 4.74 Å². The molecule has 0 saturated carbocycles. The lowest BCUT2D eigenvalue weighted by Gasteiger charge is -2.30. The van der Waals surface area contributed by atoms with Crippen LogP contribution in [0.5, 0.6) is 0 Å². The average Bonchev–Trinajstić information content (AvgIpc) is 2.37. The van der Waals surface area contributed by atoms with E-state index in [2.05, 4.69) is 63.9 Å². The van der Waals surface area contributed by atoms with Crippen molar-refractivity contribution in [3.63, 3.8) is 0 Å². The van der Waals surface area contributed by atoms with Gasteiger partial charge in [-0.1, -0.05) is 17.7 Å². The number of ether oxygens (including phenoxy) is 1. The fourth-order valence-electron chi connectivity index (χ4n) is 1.60. The molecule has 0 unspecified atom stereocenters. The smallest absolute Gasteiger partial charge is 0.217 e. The van der Waals surface area contributed by atoms with Crippen LogP contribution in [0.25, 0.3) is 0 Å². The Morgan fingerprint density at radius 3 is 2.00 bits per heavy atom. The number of hydrogen-bond acceptors (Lipinski definition) is 2. The van der Waals surface area contributed by atoms with E-state index in [0.717, 1.165) is 11.5 Å². The third-order valence-electron chi connectivity index (χ3n) is 3.50. The Kier molecular flexibility index (Phi) is 2.33. The molecule has 0 saturated heterocycles. The minimum Gasteiger partial charge on any atom is -0.469 e. The highest BCUT2D eigenvalue weighted by Crippen LogP contribution is 2.36. The van der Waals surface area contributed by atoms with E-state index in [1.54, 1.807) is 0 Å². The van der Waals surface area contributed by atoms with Crippen molar-refractivity contribution < 1.29 is 4.74 Å². The van der Waals surface area contributed by atoms with Gasteiger partial charge >= 0.3 is 0 Å². The summed E-state index contributed by atoms with van der Waals surface area (Å²) in [6, 6.07) is 8.29. The Labute approximate surface area is 97.4 Å². The molecule has 2 rings (SSSR count). The minimum absolute atomic E-state index is 0.173. The van der Waals surface area contributed by atoms with E-state index in [0.29, 0.717) is 0 Å². The maximum Gasteiger partial charge on any atom is 0.217 e. The lowest BCUT2D eigenvalue weighted by molar-refractivity contribution is 0.0619. The molecule has 1 aliphatic heterocycles. The van der Waals surface area contributed by atoms with E-state index in [9.17, 15) is 0 Å². The van der Waals surface area contributed by atoms with Crippen LogP contribution in [0.1, 0.15) is 38.8 Å². The second kappa shape index (κ2) is 3.34. The lowest BCUT2D eigenvalue weighted by Crippen LogP contribution is -2.41. The quantitative estimate of drug-likeness (QED) is 0.707. The number of aryl methyl sites for hydroxylation is 1. The summed E-state index contributed by atoms with van der Waals surface area (Å²) in [7, 11) is 0. The first-order valence-electron chi connectivity index (χ1n) is 5.68. The highest BCUT2D eigenvalue weighted by atomic mass is 16.5. The van der Waals surface area contributed by atoms with E-state index in [-0.39, 0.29) is 11.1 Å². The van der Waals surface area contributed by atoms with Gasteiger partial charge in [-0.2, -0.15) is 0 Å². The van der Waals surface area contributed by atoms with E-state index in [1.165, 1.54) is 5.56 Å².